The summed E-state index contributed by atoms with van der Waals surface area (Å²) in [5, 5.41) is 4.34. The van der Waals surface area contributed by atoms with Crippen LogP contribution in [-0.4, -0.2) is 9.78 Å². The van der Waals surface area contributed by atoms with E-state index in [1.807, 2.05) is 18.7 Å². The van der Waals surface area contributed by atoms with Crippen LogP contribution in [0.5, 0.6) is 0 Å². The van der Waals surface area contributed by atoms with E-state index in [1.54, 1.807) is 0 Å². The van der Waals surface area contributed by atoms with Gasteiger partial charge >= 0.3 is 0 Å². The predicted molar refractivity (Wildman–Crippen MR) is 61.4 cm³/mol. The molecule has 1 aliphatic rings. The van der Waals surface area contributed by atoms with E-state index in [2.05, 4.69) is 17.2 Å². The van der Waals surface area contributed by atoms with Crippen molar-refractivity contribution in [2.75, 3.05) is 0 Å². The summed E-state index contributed by atoms with van der Waals surface area (Å²) in [7, 11) is 1.96. The summed E-state index contributed by atoms with van der Waals surface area (Å²) < 4.78 is 1.90. The van der Waals surface area contributed by atoms with E-state index < -0.39 is 0 Å². The van der Waals surface area contributed by atoms with Crippen LogP contribution in [0.2, 0.25) is 0 Å². The molecule has 2 N–H and O–H groups in total. The Hall–Kier alpha value is -1.09. The maximum absolute atomic E-state index is 6.25. The van der Waals surface area contributed by atoms with Crippen LogP contribution in [0.25, 0.3) is 0 Å². The van der Waals surface area contributed by atoms with Gasteiger partial charge < -0.3 is 5.73 Å². The minimum absolute atomic E-state index is 0.0384. The number of hydrogen-bond acceptors (Lipinski definition) is 2. The van der Waals surface area contributed by atoms with Crippen LogP contribution in [0, 0.1) is 6.92 Å². The molecule has 0 saturated heterocycles. The second-order valence-electron chi connectivity index (χ2n) is 4.34. The van der Waals surface area contributed by atoms with Crippen LogP contribution in [-0.2, 0) is 7.05 Å². The Morgan fingerprint density at radius 1 is 1.47 bits per heavy atom. The van der Waals surface area contributed by atoms with Crippen LogP contribution < -0.4 is 5.73 Å². The number of rotatable bonds is 2. The molecule has 82 valence electrons. The van der Waals surface area contributed by atoms with Gasteiger partial charge in [0.05, 0.1) is 17.4 Å². The van der Waals surface area contributed by atoms with Crippen LogP contribution in [0.4, 0.5) is 0 Å². The molecule has 1 aliphatic carbocycles. The van der Waals surface area contributed by atoms with E-state index in [9.17, 15) is 0 Å². The normalized spacial score (nSPS) is 18.7. The highest BCUT2D eigenvalue weighted by molar-refractivity contribution is 5.24. The molecule has 1 aromatic heterocycles. The predicted octanol–water partition coefficient (Wildman–Crippen LogP) is 2.23. The van der Waals surface area contributed by atoms with Crippen molar-refractivity contribution in [2.45, 2.75) is 38.6 Å². The Bertz CT molecular complexity index is 376. The highest BCUT2D eigenvalue weighted by atomic mass is 15.3. The van der Waals surface area contributed by atoms with Crippen molar-refractivity contribution in [3.63, 3.8) is 0 Å². The number of hydrogen-bond donors (Lipinski definition) is 1. The van der Waals surface area contributed by atoms with Gasteiger partial charge in [-0.15, -0.1) is 0 Å². The minimum Gasteiger partial charge on any atom is -0.319 e. The molecule has 3 heteroatoms. The first-order chi connectivity index (χ1) is 7.18. The summed E-state index contributed by atoms with van der Waals surface area (Å²) in [6, 6.07) is 2.12. The Morgan fingerprint density at radius 2 is 2.27 bits per heavy atom. The van der Waals surface area contributed by atoms with Crippen molar-refractivity contribution in [1.82, 2.24) is 9.78 Å². The van der Waals surface area contributed by atoms with Gasteiger partial charge in [0.2, 0.25) is 0 Å². The van der Waals surface area contributed by atoms with E-state index in [-0.39, 0.29) is 6.04 Å². The first-order valence-electron chi connectivity index (χ1n) is 5.63. The quantitative estimate of drug-likeness (QED) is 0.752. The summed E-state index contributed by atoms with van der Waals surface area (Å²) in [4.78, 5) is 0. The fourth-order valence-corrected chi connectivity index (χ4v) is 2.26. The second-order valence-corrected chi connectivity index (χ2v) is 4.34. The van der Waals surface area contributed by atoms with Crippen molar-refractivity contribution >= 4 is 0 Å². The molecule has 0 aromatic carbocycles. The van der Waals surface area contributed by atoms with E-state index in [1.165, 1.54) is 24.8 Å². The number of nitrogens with two attached hydrogens (primary N) is 1. The van der Waals surface area contributed by atoms with E-state index in [4.69, 9.17) is 5.73 Å². The fraction of sp³-hybridized carbons (Fsp3) is 0.583. The maximum Gasteiger partial charge on any atom is 0.0682 e. The van der Waals surface area contributed by atoms with Crippen LogP contribution >= 0.6 is 0 Å². The summed E-state index contributed by atoms with van der Waals surface area (Å²) >= 11 is 0. The SMILES string of the molecule is Cc1cc(C(N)C2=CCCCC2)n(C)n1. The Balaban J connectivity index is 2.23. The first kappa shape index (κ1) is 10.4. The summed E-state index contributed by atoms with van der Waals surface area (Å²) in [6.45, 7) is 2.01. The van der Waals surface area contributed by atoms with Crippen LogP contribution in [0.1, 0.15) is 43.1 Å². The number of nitrogens with zero attached hydrogens (tertiary/aromatic N) is 2. The zero-order valence-electron chi connectivity index (χ0n) is 9.53. The lowest BCUT2D eigenvalue weighted by atomic mass is 9.92. The van der Waals surface area contributed by atoms with Crippen molar-refractivity contribution in [1.29, 1.82) is 0 Å². The van der Waals surface area contributed by atoms with Gasteiger partial charge in [-0.1, -0.05) is 11.6 Å². The molecule has 1 heterocycles. The largest absolute Gasteiger partial charge is 0.319 e. The van der Waals surface area contributed by atoms with Crippen LogP contribution in [0.3, 0.4) is 0 Å². The second kappa shape index (κ2) is 4.19. The zero-order valence-corrected chi connectivity index (χ0v) is 9.53. The Labute approximate surface area is 91.0 Å². The van der Waals surface area contributed by atoms with Gasteiger partial charge in [0.1, 0.15) is 0 Å². The molecule has 0 radical (unpaired) electrons. The molecule has 0 bridgehead atoms. The van der Waals surface area contributed by atoms with Gasteiger partial charge in [0.15, 0.2) is 0 Å². The van der Waals surface area contributed by atoms with Gasteiger partial charge in [0, 0.05) is 7.05 Å². The number of aromatic nitrogens is 2. The van der Waals surface area contributed by atoms with Gasteiger partial charge in [-0.3, -0.25) is 4.68 Å². The molecule has 15 heavy (non-hydrogen) atoms. The lowest BCUT2D eigenvalue weighted by Gasteiger charge is -2.19. The first-order valence-corrected chi connectivity index (χ1v) is 5.63. The topological polar surface area (TPSA) is 43.8 Å². The van der Waals surface area contributed by atoms with Gasteiger partial charge in [-0.25, -0.2) is 0 Å². The number of allylic oxidation sites excluding steroid dienone is 1. The Morgan fingerprint density at radius 3 is 2.80 bits per heavy atom. The fourth-order valence-electron chi connectivity index (χ4n) is 2.26. The maximum atomic E-state index is 6.25. The monoisotopic (exact) mass is 205 g/mol. The average Bonchev–Trinajstić information content (AvgIpc) is 2.58. The van der Waals surface area contributed by atoms with Gasteiger partial charge in [0.25, 0.3) is 0 Å². The third kappa shape index (κ3) is 2.12. The highest BCUT2D eigenvalue weighted by Crippen LogP contribution is 2.27. The zero-order chi connectivity index (χ0) is 10.8. The van der Waals surface area contributed by atoms with Crippen molar-refractivity contribution in [3.8, 4) is 0 Å². The van der Waals surface area contributed by atoms with Crippen LogP contribution in [0.15, 0.2) is 17.7 Å². The van der Waals surface area contributed by atoms with E-state index >= 15 is 0 Å². The molecule has 2 rings (SSSR count). The molecular formula is C12H19N3. The Kier molecular flexibility index (Phi) is 2.91. The molecular weight excluding hydrogens is 186 g/mol. The molecule has 1 atom stereocenters. The lowest BCUT2D eigenvalue weighted by Crippen LogP contribution is -2.18. The summed E-state index contributed by atoms with van der Waals surface area (Å²) in [6.07, 6.45) is 7.21. The third-order valence-corrected chi connectivity index (χ3v) is 3.08. The summed E-state index contributed by atoms with van der Waals surface area (Å²) in [5.74, 6) is 0. The van der Waals surface area contributed by atoms with E-state index in [0.717, 1.165) is 17.8 Å². The molecule has 3 nitrogen and oxygen atoms in total. The molecule has 0 saturated carbocycles. The highest BCUT2D eigenvalue weighted by Gasteiger charge is 2.17. The smallest absolute Gasteiger partial charge is 0.0682 e. The summed E-state index contributed by atoms with van der Waals surface area (Å²) in [5.41, 5.74) is 9.80. The lowest BCUT2D eigenvalue weighted by molar-refractivity contribution is 0.608. The minimum atomic E-state index is 0.0384. The number of aryl methyl sites for hydroxylation is 2. The van der Waals surface area contributed by atoms with E-state index in [0.29, 0.717) is 0 Å². The van der Waals surface area contributed by atoms with Crippen molar-refractivity contribution in [3.05, 3.63) is 29.1 Å². The molecule has 0 spiro atoms. The molecule has 1 aromatic rings. The van der Waals surface area contributed by atoms with Crippen molar-refractivity contribution < 1.29 is 0 Å². The molecule has 0 amide bonds. The average molecular weight is 205 g/mol. The molecule has 1 unspecified atom stereocenters. The standard InChI is InChI=1S/C12H19N3/c1-9-8-11(15(2)14-9)12(13)10-6-4-3-5-7-10/h6,8,12H,3-5,7,13H2,1-2H3. The molecule has 0 aliphatic heterocycles. The van der Waals surface area contributed by atoms with Gasteiger partial charge in [-0.2, -0.15) is 5.10 Å². The third-order valence-electron chi connectivity index (χ3n) is 3.08. The van der Waals surface area contributed by atoms with Gasteiger partial charge in [-0.05, 0) is 38.7 Å². The molecule has 0 fully saturated rings. The van der Waals surface area contributed by atoms with Crippen molar-refractivity contribution in [2.24, 2.45) is 12.8 Å².